The fourth-order valence-corrected chi connectivity index (χ4v) is 4.33. The highest BCUT2D eigenvalue weighted by Gasteiger charge is 2.41. The summed E-state index contributed by atoms with van der Waals surface area (Å²) in [6, 6.07) is 9.35. The van der Waals surface area contributed by atoms with E-state index in [1.165, 1.54) is 23.6 Å². The van der Waals surface area contributed by atoms with E-state index in [9.17, 15) is 0 Å². The zero-order chi connectivity index (χ0) is 14.4. The van der Waals surface area contributed by atoms with Crippen LogP contribution in [-0.4, -0.2) is 29.6 Å². The Kier molecular flexibility index (Phi) is 3.18. The van der Waals surface area contributed by atoms with Crippen molar-refractivity contribution in [3.8, 4) is 5.75 Å². The third kappa shape index (κ3) is 2.15. The van der Waals surface area contributed by atoms with Gasteiger partial charge in [0, 0.05) is 29.0 Å². The fraction of sp³-hybridized carbons (Fsp3) is 0.471. The van der Waals surface area contributed by atoms with Crippen LogP contribution in [0.2, 0.25) is 0 Å². The van der Waals surface area contributed by atoms with Crippen molar-refractivity contribution in [1.29, 1.82) is 0 Å². The number of aromatic nitrogens is 1. The van der Waals surface area contributed by atoms with Gasteiger partial charge in [-0.05, 0) is 49.3 Å². The van der Waals surface area contributed by atoms with E-state index >= 15 is 0 Å². The van der Waals surface area contributed by atoms with Crippen molar-refractivity contribution in [1.82, 2.24) is 4.98 Å². The number of nitrogens with zero attached hydrogens (tertiary/aromatic N) is 2. The number of fused-ring (bicyclic) bond motifs is 3. The second-order valence-electron chi connectivity index (χ2n) is 6.08. The van der Waals surface area contributed by atoms with E-state index in [1.807, 2.05) is 12.3 Å². The molecule has 0 N–H and O–H groups in total. The van der Waals surface area contributed by atoms with Crippen LogP contribution >= 0.6 is 11.6 Å². The SMILES string of the molecule is COc1ccc2ccnc(N3C4CCC3CC(Cl)C4)c2c1. The number of hydrogen-bond donors (Lipinski definition) is 0. The molecule has 2 unspecified atom stereocenters. The summed E-state index contributed by atoms with van der Waals surface area (Å²) in [6.45, 7) is 0. The normalized spacial score (nSPS) is 28.1. The molecule has 21 heavy (non-hydrogen) atoms. The molecule has 2 bridgehead atoms. The van der Waals surface area contributed by atoms with Crippen molar-refractivity contribution in [3.05, 3.63) is 30.5 Å². The quantitative estimate of drug-likeness (QED) is 0.785. The van der Waals surface area contributed by atoms with Crippen molar-refractivity contribution in [2.24, 2.45) is 0 Å². The summed E-state index contributed by atoms with van der Waals surface area (Å²) in [5.41, 5.74) is 0. The van der Waals surface area contributed by atoms with Gasteiger partial charge in [-0.3, -0.25) is 0 Å². The summed E-state index contributed by atoms with van der Waals surface area (Å²) in [5, 5.41) is 2.72. The van der Waals surface area contributed by atoms with Gasteiger partial charge in [-0.15, -0.1) is 11.6 Å². The molecule has 1 aromatic heterocycles. The minimum Gasteiger partial charge on any atom is -0.497 e. The number of alkyl halides is 1. The molecule has 2 saturated heterocycles. The number of piperidine rings is 1. The van der Waals surface area contributed by atoms with E-state index in [0.717, 1.165) is 24.4 Å². The summed E-state index contributed by atoms with van der Waals surface area (Å²) in [4.78, 5) is 7.21. The zero-order valence-corrected chi connectivity index (χ0v) is 12.9. The molecule has 3 nitrogen and oxygen atoms in total. The molecular formula is C17H19ClN2O. The number of hydrogen-bond acceptors (Lipinski definition) is 3. The van der Waals surface area contributed by atoms with Crippen LogP contribution in [0.15, 0.2) is 30.5 Å². The largest absolute Gasteiger partial charge is 0.497 e. The van der Waals surface area contributed by atoms with Gasteiger partial charge in [0.1, 0.15) is 11.6 Å². The van der Waals surface area contributed by atoms with Crippen molar-refractivity contribution in [2.45, 2.75) is 43.1 Å². The topological polar surface area (TPSA) is 25.4 Å². The molecule has 0 saturated carbocycles. The van der Waals surface area contributed by atoms with E-state index in [0.29, 0.717) is 17.5 Å². The van der Waals surface area contributed by atoms with Crippen LogP contribution in [0.25, 0.3) is 10.8 Å². The van der Waals surface area contributed by atoms with Gasteiger partial charge in [0.15, 0.2) is 0 Å². The molecule has 2 atom stereocenters. The van der Waals surface area contributed by atoms with Crippen molar-refractivity contribution >= 4 is 28.2 Å². The molecule has 2 fully saturated rings. The summed E-state index contributed by atoms with van der Waals surface area (Å²) >= 11 is 6.40. The maximum Gasteiger partial charge on any atom is 0.137 e. The zero-order valence-electron chi connectivity index (χ0n) is 12.1. The fourth-order valence-electron chi connectivity index (χ4n) is 3.92. The Hall–Kier alpha value is -1.48. The average Bonchev–Trinajstić information content (AvgIpc) is 2.77. The predicted molar refractivity (Wildman–Crippen MR) is 86.5 cm³/mol. The molecule has 0 spiro atoms. The number of pyridine rings is 1. The Morgan fingerprint density at radius 1 is 1.19 bits per heavy atom. The lowest BCUT2D eigenvalue weighted by molar-refractivity contribution is 0.415. The molecule has 110 valence electrons. The minimum atomic E-state index is 0.322. The molecule has 3 heterocycles. The number of rotatable bonds is 2. The Balaban J connectivity index is 1.83. The van der Waals surface area contributed by atoms with E-state index in [2.05, 4.69) is 23.1 Å². The third-order valence-corrected chi connectivity index (χ3v) is 5.23. The summed E-state index contributed by atoms with van der Waals surface area (Å²) in [6.07, 6.45) is 6.52. The maximum absolute atomic E-state index is 6.40. The van der Waals surface area contributed by atoms with Crippen LogP contribution in [0.4, 0.5) is 5.82 Å². The first-order valence-corrected chi connectivity index (χ1v) is 8.05. The van der Waals surface area contributed by atoms with Gasteiger partial charge in [-0.25, -0.2) is 4.98 Å². The third-order valence-electron chi connectivity index (χ3n) is 4.87. The van der Waals surface area contributed by atoms with Gasteiger partial charge >= 0.3 is 0 Å². The van der Waals surface area contributed by atoms with E-state index in [4.69, 9.17) is 21.3 Å². The molecule has 2 aliphatic heterocycles. The number of methoxy groups -OCH3 is 1. The molecule has 1 aromatic carbocycles. The Bertz CT molecular complexity index is 661. The van der Waals surface area contributed by atoms with Crippen LogP contribution < -0.4 is 9.64 Å². The van der Waals surface area contributed by atoms with E-state index in [-0.39, 0.29) is 0 Å². The number of ether oxygens (including phenoxy) is 1. The van der Waals surface area contributed by atoms with Gasteiger partial charge in [0.05, 0.1) is 7.11 Å². The Labute approximate surface area is 129 Å². The van der Waals surface area contributed by atoms with Crippen LogP contribution in [0.1, 0.15) is 25.7 Å². The maximum atomic E-state index is 6.40. The predicted octanol–water partition coefficient (Wildman–Crippen LogP) is 3.98. The first kappa shape index (κ1) is 13.2. The second-order valence-corrected chi connectivity index (χ2v) is 6.70. The first-order valence-electron chi connectivity index (χ1n) is 7.61. The number of halogens is 1. The van der Waals surface area contributed by atoms with Crippen molar-refractivity contribution < 1.29 is 4.74 Å². The first-order chi connectivity index (χ1) is 10.3. The van der Waals surface area contributed by atoms with Crippen LogP contribution in [0.5, 0.6) is 5.75 Å². The lowest BCUT2D eigenvalue weighted by Crippen LogP contribution is -2.44. The van der Waals surface area contributed by atoms with Crippen molar-refractivity contribution in [2.75, 3.05) is 12.0 Å². The highest BCUT2D eigenvalue weighted by Crippen LogP contribution is 2.42. The molecule has 4 rings (SSSR count). The van der Waals surface area contributed by atoms with Gasteiger partial charge in [0.2, 0.25) is 0 Å². The van der Waals surface area contributed by atoms with Crippen molar-refractivity contribution in [3.63, 3.8) is 0 Å². The minimum absolute atomic E-state index is 0.322. The number of anilines is 1. The van der Waals surface area contributed by atoms with Gasteiger partial charge in [-0.2, -0.15) is 0 Å². The molecule has 2 aromatic rings. The average molecular weight is 303 g/mol. The number of benzene rings is 1. The molecule has 0 radical (unpaired) electrons. The Morgan fingerprint density at radius 2 is 1.95 bits per heavy atom. The van der Waals surface area contributed by atoms with Crippen LogP contribution in [-0.2, 0) is 0 Å². The highest BCUT2D eigenvalue weighted by atomic mass is 35.5. The molecule has 4 heteroatoms. The lowest BCUT2D eigenvalue weighted by atomic mass is 10.0. The van der Waals surface area contributed by atoms with Gasteiger partial charge in [0.25, 0.3) is 0 Å². The smallest absolute Gasteiger partial charge is 0.137 e. The summed E-state index contributed by atoms with van der Waals surface area (Å²) < 4.78 is 5.38. The highest BCUT2D eigenvalue weighted by molar-refractivity contribution is 6.20. The molecular weight excluding hydrogens is 284 g/mol. The van der Waals surface area contributed by atoms with E-state index in [1.54, 1.807) is 7.11 Å². The molecule has 2 aliphatic rings. The van der Waals surface area contributed by atoms with E-state index < -0.39 is 0 Å². The van der Waals surface area contributed by atoms with Gasteiger partial charge in [-0.1, -0.05) is 6.07 Å². The van der Waals surface area contributed by atoms with Crippen LogP contribution in [0.3, 0.4) is 0 Å². The lowest BCUT2D eigenvalue weighted by Gasteiger charge is -2.38. The second kappa shape index (κ2) is 5.06. The summed E-state index contributed by atoms with van der Waals surface area (Å²) in [7, 11) is 1.71. The monoisotopic (exact) mass is 302 g/mol. The van der Waals surface area contributed by atoms with Crippen LogP contribution in [0, 0.1) is 0 Å². The van der Waals surface area contributed by atoms with Gasteiger partial charge < -0.3 is 9.64 Å². The Morgan fingerprint density at radius 3 is 2.67 bits per heavy atom. The molecule has 0 aliphatic carbocycles. The molecule has 0 amide bonds. The summed E-state index contributed by atoms with van der Waals surface area (Å²) in [5.74, 6) is 1.98. The standard InChI is InChI=1S/C17H19ClN2O/c1-21-15-5-2-11-6-7-19-17(16(11)10-15)20-13-3-4-14(20)9-12(18)8-13/h2,5-7,10,12-14H,3-4,8-9H2,1H3.